The van der Waals surface area contributed by atoms with E-state index in [1.165, 1.54) is 6.08 Å². The number of rotatable bonds is 8. The summed E-state index contributed by atoms with van der Waals surface area (Å²) in [4.78, 5) is 12.8. The Morgan fingerprint density at radius 1 is 1.06 bits per heavy atom. The molecule has 0 aliphatic rings. The molecule has 3 aromatic carbocycles. The van der Waals surface area contributed by atoms with Crippen molar-refractivity contribution in [3.63, 3.8) is 0 Å². The molecule has 1 amide bonds. The number of carbonyl (C=O) groups excluding carboxylic acids is 1. The lowest BCUT2D eigenvalue weighted by Gasteiger charge is -2.15. The van der Waals surface area contributed by atoms with E-state index in [1.807, 2.05) is 70.2 Å². The van der Waals surface area contributed by atoms with E-state index in [0.29, 0.717) is 40.4 Å². The van der Waals surface area contributed by atoms with Crippen LogP contribution < -0.4 is 14.8 Å². The van der Waals surface area contributed by atoms with Gasteiger partial charge in [0.05, 0.1) is 6.61 Å². The number of hydrogen-bond acceptors (Lipinski definition) is 4. The van der Waals surface area contributed by atoms with E-state index in [0.717, 1.165) is 22.3 Å². The summed E-state index contributed by atoms with van der Waals surface area (Å²) in [5, 5.41) is 12.5. The summed E-state index contributed by atoms with van der Waals surface area (Å²) in [7, 11) is 0. The first-order valence-corrected chi connectivity index (χ1v) is 11.8. The van der Waals surface area contributed by atoms with Gasteiger partial charge in [-0.15, -0.1) is 0 Å². The maximum Gasteiger partial charge on any atom is 0.266 e. The Bertz CT molecular complexity index is 1280. The van der Waals surface area contributed by atoms with Crippen molar-refractivity contribution in [2.24, 2.45) is 0 Å². The normalized spacial score (nSPS) is 11.0. The Labute approximate surface area is 209 Å². The van der Waals surface area contributed by atoms with Gasteiger partial charge < -0.3 is 14.8 Å². The van der Waals surface area contributed by atoms with Crippen molar-refractivity contribution in [2.75, 3.05) is 11.9 Å². The number of anilines is 1. The van der Waals surface area contributed by atoms with E-state index in [2.05, 4.69) is 27.3 Å². The molecule has 3 aromatic rings. The first kappa shape index (κ1) is 25.1. The lowest BCUT2D eigenvalue weighted by Crippen LogP contribution is -2.14. The first-order valence-electron chi connectivity index (χ1n) is 11.0. The Hall–Kier alpha value is -3.56. The zero-order chi connectivity index (χ0) is 24.7. The van der Waals surface area contributed by atoms with Gasteiger partial charge in [0.25, 0.3) is 5.91 Å². The standard InChI is InChI=1S/C28H27BrN2O3/c1-5-33-26-14-22(24(29)15-27(26)34-17-21-10-6-8-18(2)12-21)13-23(16-30)28(32)31-25-11-7-9-19(3)20(25)4/h6-15H,5,17H2,1-4H3,(H,31,32)/b23-13+. The molecule has 0 aromatic heterocycles. The molecule has 6 heteroatoms. The fourth-order valence-corrected chi connectivity index (χ4v) is 3.82. The lowest BCUT2D eigenvalue weighted by molar-refractivity contribution is -0.112. The van der Waals surface area contributed by atoms with Gasteiger partial charge in [-0.25, -0.2) is 0 Å². The number of ether oxygens (including phenoxy) is 2. The summed E-state index contributed by atoms with van der Waals surface area (Å²) in [6, 6.07) is 19.3. The quantitative estimate of drug-likeness (QED) is 0.260. The molecule has 0 spiro atoms. The molecule has 0 fully saturated rings. The number of aryl methyl sites for hydroxylation is 2. The van der Waals surface area contributed by atoms with Gasteiger partial charge in [0.15, 0.2) is 11.5 Å². The molecule has 1 N–H and O–H groups in total. The van der Waals surface area contributed by atoms with Gasteiger partial charge >= 0.3 is 0 Å². The van der Waals surface area contributed by atoms with Crippen molar-refractivity contribution in [1.29, 1.82) is 5.26 Å². The van der Waals surface area contributed by atoms with Crippen LogP contribution in [-0.4, -0.2) is 12.5 Å². The fraction of sp³-hybridized carbons (Fsp3) is 0.214. The number of halogens is 1. The van der Waals surface area contributed by atoms with Gasteiger partial charge in [0, 0.05) is 10.2 Å². The molecule has 0 aliphatic carbocycles. The number of carbonyl (C=O) groups is 1. The number of nitrogens with one attached hydrogen (secondary N) is 1. The second kappa shape index (κ2) is 11.5. The average molecular weight is 519 g/mol. The molecular formula is C28H27BrN2O3. The molecular weight excluding hydrogens is 492 g/mol. The largest absolute Gasteiger partial charge is 0.490 e. The second-order valence-corrected chi connectivity index (χ2v) is 8.76. The second-order valence-electron chi connectivity index (χ2n) is 7.90. The summed E-state index contributed by atoms with van der Waals surface area (Å²) in [5.41, 5.74) is 5.54. The maximum absolute atomic E-state index is 12.8. The van der Waals surface area contributed by atoms with E-state index in [9.17, 15) is 10.1 Å². The molecule has 0 radical (unpaired) electrons. The molecule has 174 valence electrons. The third kappa shape index (κ3) is 6.27. The smallest absolute Gasteiger partial charge is 0.266 e. The summed E-state index contributed by atoms with van der Waals surface area (Å²) in [6.07, 6.45) is 1.54. The van der Waals surface area contributed by atoms with Gasteiger partial charge in [-0.1, -0.05) is 57.9 Å². The van der Waals surface area contributed by atoms with Gasteiger partial charge in [0.2, 0.25) is 0 Å². The SMILES string of the molecule is CCOc1cc(/C=C(\C#N)C(=O)Nc2cccc(C)c2C)c(Br)cc1OCc1cccc(C)c1. The fourth-order valence-electron chi connectivity index (χ4n) is 3.39. The van der Waals surface area contributed by atoms with Crippen molar-refractivity contribution in [3.8, 4) is 17.6 Å². The monoisotopic (exact) mass is 518 g/mol. The van der Waals surface area contributed by atoms with Crippen molar-refractivity contribution in [2.45, 2.75) is 34.3 Å². The van der Waals surface area contributed by atoms with Crippen LogP contribution in [-0.2, 0) is 11.4 Å². The molecule has 0 heterocycles. The third-order valence-electron chi connectivity index (χ3n) is 5.36. The highest BCUT2D eigenvalue weighted by Crippen LogP contribution is 2.35. The Morgan fingerprint density at radius 2 is 1.79 bits per heavy atom. The van der Waals surface area contributed by atoms with Crippen LogP contribution in [0.4, 0.5) is 5.69 Å². The predicted octanol–water partition coefficient (Wildman–Crippen LogP) is 6.90. The van der Waals surface area contributed by atoms with Crippen LogP contribution in [0.1, 0.15) is 34.7 Å². The highest BCUT2D eigenvalue weighted by Gasteiger charge is 2.15. The number of hydrogen-bond donors (Lipinski definition) is 1. The van der Waals surface area contributed by atoms with Crippen molar-refractivity contribution < 1.29 is 14.3 Å². The van der Waals surface area contributed by atoms with Crippen LogP contribution in [0.25, 0.3) is 6.08 Å². The molecule has 0 atom stereocenters. The summed E-state index contributed by atoms with van der Waals surface area (Å²) in [6.45, 7) is 8.67. The van der Waals surface area contributed by atoms with Gasteiger partial charge in [-0.05, 0) is 74.2 Å². The number of amides is 1. The highest BCUT2D eigenvalue weighted by molar-refractivity contribution is 9.10. The molecule has 0 aliphatic heterocycles. The summed E-state index contributed by atoms with van der Waals surface area (Å²) >= 11 is 3.54. The zero-order valence-corrected chi connectivity index (χ0v) is 21.3. The van der Waals surface area contributed by atoms with Crippen LogP contribution in [0.3, 0.4) is 0 Å². The van der Waals surface area contributed by atoms with Gasteiger partial charge in [0.1, 0.15) is 18.2 Å². The predicted molar refractivity (Wildman–Crippen MR) is 139 cm³/mol. The molecule has 0 saturated heterocycles. The van der Waals surface area contributed by atoms with Gasteiger partial charge in [-0.2, -0.15) is 5.26 Å². The molecule has 5 nitrogen and oxygen atoms in total. The van der Waals surface area contributed by atoms with Gasteiger partial charge in [-0.3, -0.25) is 4.79 Å². The third-order valence-corrected chi connectivity index (χ3v) is 6.04. The van der Waals surface area contributed by atoms with E-state index in [-0.39, 0.29) is 5.57 Å². The van der Waals surface area contributed by atoms with Crippen molar-refractivity contribution in [1.82, 2.24) is 0 Å². The number of benzene rings is 3. The van der Waals surface area contributed by atoms with E-state index >= 15 is 0 Å². The van der Waals surface area contributed by atoms with E-state index in [4.69, 9.17) is 9.47 Å². The molecule has 0 unspecified atom stereocenters. The molecule has 0 bridgehead atoms. The molecule has 3 rings (SSSR count). The molecule has 34 heavy (non-hydrogen) atoms. The first-order chi connectivity index (χ1) is 16.3. The van der Waals surface area contributed by atoms with Crippen molar-refractivity contribution >= 4 is 33.6 Å². The summed E-state index contributed by atoms with van der Waals surface area (Å²) in [5.74, 6) is 0.642. The van der Waals surface area contributed by atoms with Crippen LogP contribution in [0.2, 0.25) is 0 Å². The maximum atomic E-state index is 12.8. The number of nitrogens with zero attached hydrogens (tertiary/aromatic N) is 1. The Balaban J connectivity index is 1.87. The van der Waals surface area contributed by atoms with E-state index in [1.54, 1.807) is 12.1 Å². The van der Waals surface area contributed by atoms with Crippen LogP contribution in [0, 0.1) is 32.1 Å². The van der Waals surface area contributed by atoms with Crippen LogP contribution in [0.5, 0.6) is 11.5 Å². The average Bonchev–Trinajstić information content (AvgIpc) is 2.81. The van der Waals surface area contributed by atoms with Crippen LogP contribution >= 0.6 is 15.9 Å². The van der Waals surface area contributed by atoms with Crippen molar-refractivity contribution in [3.05, 3.63) is 92.5 Å². The Kier molecular flexibility index (Phi) is 8.50. The molecule has 0 saturated carbocycles. The zero-order valence-electron chi connectivity index (χ0n) is 19.7. The minimum absolute atomic E-state index is 0.0162. The minimum Gasteiger partial charge on any atom is -0.490 e. The van der Waals surface area contributed by atoms with Crippen LogP contribution in [0.15, 0.2) is 64.6 Å². The lowest BCUT2D eigenvalue weighted by atomic mass is 10.1. The minimum atomic E-state index is -0.471. The summed E-state index contributed by atoms with van der Waals surface area (Å²) < 4.78 is 12.5. The highest BCUT2D eigenvalue weighted by atomic mass is 79.9. The topological polar surface area (TPSA) is 71.3 Å². The number of nitriles is 1. The Morgan fingerprint density at radius 3 is 2.50 bits per heavy atom. The van der Waals surface area contributed by atoms with E-state index < -0.39 is 5.91 Å².